The standard InChI is InChI=1S/C36H55ClF2NO4P/c1-2-3-4-5-6-7-8-9-10-11-12-13-14-15-16-17-18-19-23-26-43-36(41)35(29-31-27-32(38)30-33(39)28-31)40-45(37,42)44-34-24-21-20-22-25-34/h20-22,24-25,27-28,30,35H,2-19,23,26,29H2,1H3,(H,40,42)/t35-,45?/m0/s1. The van der Waals surface area contributed by atoms with Crippen LogP contribution in [0.25, 0.3) is 0 Å². The molecule has 1 N–H and O–H groups in total. The van der Waals surface area contributed by atoms with E-state index in [-0.39, 0.29) is 24.3 Å². The molecule has 0 heterocycles. The number of hydrogen-bond donors (Lipinski definition) is 1. The molecule has 5 nitrogen and oxygen atoms in total. The number of carbonyl (C=O) groups excluding carboxylic acids is 1. The summed E-state index contributed by atoms with van der Waals surface area (Å²) in [6.45, 7) is -1.57. The summed E-state index contributed by atoms with van der Waals surface area (Å²) in [7, 11) is 0. The molecule has 0 aromatic heterocycles. The molecule has 2 aromatic carbocycles. The fourth-order valence-electron chi connectivity index (χ4n) is 5.43. The number of unbranched alkanes of at least 4 members (excludes halogenated alkanes) is 18. The minimum atomic E-state index is -4.03. The van der Waals surface area contributed by atoms with Crippen LogP contribution < -0.4 is 9.61 Å². The van der Waals surface area contributed by atoms with Gasteiger partial charge in [0.15, 0.2) is 0 Å². The Labute approximate surface area is 275 Å². The normalized spacial score (nSPS) is 13.3. The van der Waals surface area contributed by atoms with Gasteiger partial charge in [0.25, 0.3) is 0 Å². The summed E-state index contributed by atoms with van der Waals surface area (Å²) in [5.74, 6) is -2.01. The molecule has 0 amide bonds. The van der Waals surface area contributed by atoms with Gasteiger partial charge in [0.2, 0.25) is 0 Å². The van der Waals surface area contributed by atoms with E-state index in [1.54, 1.807) is 30.3 Å². The summed E-state index contributed by atoms with van der Waals surface area (Å²) >= 11 is 6.12. The second-order valence-electron chi connectivity index (χ2n) is 12.1. The van der Waals surface area contributed by atoms with Crippen LogP contribution >= 0.6 is 18.1 Å². The first kappa shape index (κ1) is 39.2. The second-order valence-corrected chi connectivity index (χ2v) is 14.8. The summed E-state index contributed by atoms with van der Waals surface area (Å²) in [5, 5.41) is 2.52. The first-order chi connectivity index (χ1) is 21.8. The van der Waals surface area contributed by atoms with Gasteiger partial charge in [0, 0.05) is 17.3 Å². The minimum absolute atomic E-state index is 0.179. The lowest BCUT2D eigenvalue weighted by Gasteiger charge is -2.21. The topological polar surface area (TPSA) is 64.6 Å². The van der Waals surface area contributed by atoms with Crippen molar-refractivity contribution in [3.8, 4) is 5.75 Å². The molecule has 0 aliphatic carbocycles. The number of benzene rings is 2. The van der Waals surface area contributed by atoms with Crippen molar-refractivity contribution in [3.05, 3.63) is 65.7 Å². The number of nitrogens with one attached hydrogen (secondary N) is 1. The molecule has 0 fully saturated rings. The van der Waals surface area contributed by atoms with Crippen LogP contribution in [0.1, 0.15) is 134 Å². The molecular weight excluding hydrogens is 615 g/mol. The molecule has 0 aliphatic heterocycles. The smallest absolute Gasteiger partial charge is 0.409 e. The molecule has 254 valence electrons. The molecule has 0 aliphatic rings. The highest BCUT2D eigenvalue weighted by atomic mass is 35.7. The van der Waals surface area contributed by atoms with E-state index in [0.29, 0.717) is 6.42 Å². The molecule has 45 heavy (non-hydrogen) atoms. The molecule has 0 spiro atoms. The molecule has 1 unspecified atom stereocenters. The van der Waals surface area contributed by atoms with Crippen LogP contribution in [0.3, 0.4) is 0 Å². The van der Waals surface area contributed by atoms with Gasteiger partial charge in [-0.05, 0) is 42.7 Å². The second kappa shape index (κ2) is 24.3. The summed E-state index contributed by atoms with van der Waals surface area (Å²) in [4.78, 5) is 12.9. The van der Waals surface area contributed by atoms with Gasteiger partial charge in [-0.25, -0.2) is 18.4 Å². The summed E-state index contributed by atoms with van der Waals surface area (Å²) < 4.78 is 51.3. The molecule has 0 bridgehead atoms. The quantitative estimate of drug-likeness (QED) is 0.0582. The lowest BCUT2D eigenvalue weighted by atomic mass is 10.0. The third kappa shape index (κ3) is 20.0. The van der Waals surface area contributed by atoms with E-state index < -0.39 is 30.5 Å². The lowest BCUT2D eigenvalue weighted by molar-refractivity contribution is -0.145. The Bertz CT molecular complexity index is 1090. The molecular formula is C36H55ClF2NO4P. The van der Waals surface area contributed by atoms with E-state index >= 15 is 0 Å². The van der Waals surface area contributed by atoms with Gasteiger partial charge in [-0.1, -0.05) is 141 Å². The number of hydrogen-bond acceptors (Lipinski definition) is 4. The maximum atomic E-state index is 13.8. The van der Waals surface area contributed by atoms with Crippen molar-refractivity contribution in [2.75, 3.05) is 6.61 Å². The zero-order chi connectivity index (χ0) is 32.6. The first-order valence-electron chi connectivity index (χ1n) is 17.2. The van der Waals surface area contributed by atoms with E-state index in [2.05, 4.69) is 12.0 Å². The number of halogens is 3. The maximum absolute atomic E-state index is 13.8. The number of para-hydroxylation sites is 1. The Morgan fingerprint density at radius 3 is 1.64 bits per heavy atom. The average Bonchev–Trinajstić information content (AvgIpc) is 2.99. The summed E-state index contributed by atoms with van der Waals surface area (Å²) in [6, 6.07) is 10.0. The van der Waals surface area contributed by atoms with Crippen LogP contribution in [-0.2, 0) is 20.5 Å². The summed E-state index contributed by atoms with van der Waals surface area (Å²) in [5.41, 5.74) is 0.196. The van der Waals surface area contributed by atoms with E-state index in [4.69, 9.17) is 20.5 Å². The lowest BCUT2D eigenvalue weighted by Crippen LogP contribution is -2.38. The predicted molar refractivity (Wildman–Crippen MR) is 182 cm³/mol. The Morgan fingerprint density at radius 2 is 1.18 bits per heavy atom. The molecule has 2 atom stereocenters. The Hall–Kier alpha value is -1.95. The van der Waals surface area contributed by atoms with Crippen LogP contribution in [0.2, 0.25) is 0 Å². The fraction of sp³-hybridized carbons (Fsp3) is 0.639. The molecule has 0 radical (unpaired) electrons. The molecule has 2 aromatic rings. The number of ether oxygens (including phenoxy) is 1. The number of carbonyl (C=O) groups is 1. The third-order valence-corrected chi connectivity index (χ3v) is 9.48. The Balaban J connectivity index is 1.58. The van der Waals surface area contributed by atoms with Gasteiger partial charge in [-0.2, -0.15) is 0 Å². The van der Waals surface area contributed by atoms with Gasteiger partial charge >= 0.3 is 12.8 Å². The minimum Gasteiger partial charge on any atom is -0.465 e. The van der Waals surface area contributed by atoms with Gasteiger partial charge in [-0.15, -0.1) is 0 Å². The van der Waals surface area contributed by atoms with Gasteiger partial charge in [0.1, 0.15) is 23.4 Å². The van der Waals surface area contributed by atoms with Crippen molar-refractivity contribution < 1.29 is 27.4 Å². The van der Waals surface area contributed by atoms with E-state index in [1.807, 2.05) is 0 Å². The first-order valence-corrected chi connectivity index (χ1v) is 19.8. The number of rotatable bonds is 27. The molecule has 2 rings (SSSR count). The van der Waals surface area contributed by atoms with Crippen molar-refractivity contribution in [2.24, 2.45) is 0 Å². The van der Waals surface area contributed by atoms with Crippen molar-refractivity contribution in [2.45, 2.75) is 141 Å². The highest BCUT2D eigenvalue weighted by Gasteiger charge is 2.31. The van der Waals surface area contributed by atoms with Crippen LogP contribution in [0, 0.1) is 11.6 Å². The van der Waals surface area contributed by atoms with Crippen LogP contribution in [0.5, 0.6) is 5.75 Å². The van der Waals surface area contributed by atoms with Gasteiger partial charge < -0.3 is 9.26 Å². The molecule has 0 saturated carbocycles. The number of esters is 1. The van der Waals surface area contributed by atoms with Crippen molar-refractivity contribution in [1.82, 2.24) is 5.09 Å². The largest absolute Gasteiger partial charge is 0.465 e. The Kier molecular flexibility index (Phi) is 21.1. The SMILES string of the molecule is CCCCCCCCCCCCCCCCCCCCCOC(=O)[C@H](Cc1cc(F)cc(F)c1)NP(=O)(Cl)Oc1ccccc1. The molecule has 9 heteroatoms. The maximum Gasteiger partial charge on any atom is 0.409 e. The molecule has 0 saturated heterocycles. The highest BCUT2D eigenvalue weighted by Crippen LogP contribution is 2.48. The average molecular weight is 670 g/mol. The monoisotopic (exact) mass is 669 g/mol. The highest BCUT2D eigenvalue weighted by molar-refractivity contribution is 7.84. The predicted octanol–water partition coefficient (Wildman–Crippen LogP) is 11.9. The van der Waals surface area contributed by atoms with Gasteiger partial charge in [0.05, 0.1) is 6.61 Å². The fourth-order valence-corrected chi connectivity index (χ4v) is 7.04. The van der Waals surface area contributed by atoms with Crippen LogP contribution in [0.15, 0.2) is 48.5 Å². The van der Waals surface area contributed by atoms with E-state index in [0.717, 1.165) is 37.5 Å². The van der Waals surface area contributed by atoms with Crippen molar-refractivity contribution in [1.29, 1.82) is 0 Å². The summed E-state index contributed by atoms with van der Waals surface area (Å²) in [6.07, 6.45) is 24.0. The third-order valence-electron chi connectivity index (χ3n) is 7.91. The zero-order valence-corrected chi connectivity index (χ0v) is 28.9. The van der Waals surface area contributed by atoms with E-state index in [9.17, 15) is 18.1 Å². The van der Waals surface area contributed by atoms with Crippen LogP contribution in [0.4, 0.5) is 8.78 Å². The Morgan fingerprint density at radius 1 is 0.733 bits per heavy atom. The van der Waals surface area contributed by atoms with Crippen molar-refractivity contribution >= 4 is 24.1 Å². The van der Waals surface area contributed by atoms with E-state index in [1.165, 1.54) is 96.3 Å². The van der Waals surface area contributed by atoms with Crippen LogP contribution in [-0.4, -0.2) is 18.6 Å². The van der Waals surface area contributed by atoms with Crippen molar-refractivity contribution in [3.63, 3.8) is 0 Å². The van der Waals surface area contributed by atoms with Gasteiger partial charge in [-0.3, -0.25) is 4.79 Å². The zero-order valence-electron chi connectivity index (χ0n) is 27.3.